The minimum absolute atomic E-state index is 0.512. The van der Waals surface area contributed by atoms with Crippen LogP contribution in [0, 0.1) is 6.92 Å². The molecule has 2 aromatic rings. The molecule has 0 fully saturated rings. The van der Waals surface area contributed by atoms with Crippen molar-refractivity contribution in [2.75, 3.05) is 0 Å². The Morgan fingerprint density at radius 1 is 1.31 bits per heavy atom. The minimum atomic E-state index is 0.512. The second-order valence-corrected chi connectivity index (χ2v) is 4.58. The maximum absolute atomic E-state index is 5.77. The quantitative estimate of drug-likeness (QED) is 0.834. The number of hydrogen-bond donors (Lipinski definition) is 1. The van der Waals surface area contributed by atoms with Gasteiger partial charge in [-0.3, -0.25) is 4.98 Å². The van der Waals surface area contributed by atoms with Gasteiger partial charge < -0.3 is 5.73 Å². The topological polar surface area (TPSA) is 38.9 Å². The van der Waals surface area contributed by atoms with Crippen LogP contribution in [0.15, 0.2) is 24.4 Å². The Balaban J connectivity index is 2.82. The molecule has 16 heavy (non-hydrogen) atoms. The fourth-order valence-electron chi connectivity index (χ4n) is 2.17. The molecule has 1 aromatic carbocycles. The Labute approximate surface area is 96.5 Å². The van der Waals surface area contributed by atoms with Crippen molar-refractivity contribution in [2.45, 2.75) is 33.2 Å². The number of aryl methyl sites for hydroxylation is 1. The zero-order chi connectivity index (χ0) is 11.7. The van der Waals surface area contributed by atoms with Crippen LogP contribution < -0.4 is 5.73 Å². The second kappa shape index (κ2) is 4.22. The van der Waals surface area contributed by atoms with Crippen molar-refractivity contribution in [1.82, 2.24) is 4.98 Å². The number of aromatic nitrogens is 1. The highest BCUT2D eigenvalue weighted by atomic mass is 14.7. The van der Waals surface area contributed by atoms with Crippen LogP contribution in [-0.4, -0.2) is 4.98 Å². The van der Waals surface area contributed by atoms with Gasteiger partial charge in [-0.2, -0.15) is 0 Å². The predicted molar refractivity (Wildman–Crippen MR) is 68.5 cm³/mol. The summed E-state index contributed by atoms with van der Waals surface area (Å²) < 4.78 is 0. The van der Waals surface area contributed by atoms with E-state index in [-0.39, 0.29) is 0 Å². The van der Waals surface area contributed by atoms with Gasteiger partial charge in [-0.05, 0) is 36.1 Å². The molecule has 0 bridgehead atoms. The predicted octanol–water partition coefficient (Wildman–Crippen LogP) is 3.13. The third-order valence-electron chi connectivity index (χ3n) is 2.94. The lowest BCUT2D eigenvalue weighted by molar-refractivity contribution is 0.873. The van der Waals surface area contributed by atoms with Crippen molar-refractivity contribution in [1.29, 1.82) is 0 Å². The van der Waals surface area contributed by atoms with E-state index >= 15 is 0 Å². The molecule has 0 aliphatic rings. The molecule has 0 spiro atoms. The number of fused-ring (bicyclic) bond motifs is 1. The van der Waals surface area contributed by atoms with Crippen molar-refractivity contribution in [3.05, 3.63) is 41.1 Å². The number of nitrogens with zero attached hydrogens (tertiary/aromatic N) is 1. The standard InChI is InChI=1S/C14H18N2/c1-9(2)12-4-5-16-14-11(8-15)6-10(3)7-13(12)14/h4-7,9H,8,15H2,1-3H3. The van der Waals surface area contributed by atoms with E-state index in [1.165, 1.54) is 16.5 Å². The fraction of sp³-hybridized carbons (Fsp3) is 0.357. The van der Waals surface area contributed by atoms with Gasteiger partial charge in [0.2, 0.25) is 0 Å². The molecule has 2 nitrogen and oxygen atoms in total. The summed E-state index contributed by atoms with van der Waals surface area (Å²) in [7, 11) is 0. The molecule has 0 atom stereocenters. The van der Waals surface area contributed by atoms with Crippen LogP contribution in [0.1, 0.15) is 36.5 Å². The maximum Gasteiger partial charge on any atom is 0.0749 e. The average molecular weight is 214 g/mol. The van der Waals surface area contributed by atoms with Crippen LogP contribution >= 0.6 is 0 Å². The summed E-state index contributed by atoms with van der Waals surface area (Å²) in [4.78, 5) is 4.46. The molecule has 2 N–H and O–H groups in total. The SMILES string of the molecule is Cc1cc(CN)c2nccc(C(C)C)c2c1. The highest BCUT2D eigenvalue weighted by Gasteiger charge is 2.09. The first kappa shape index (κ1) is 11.1. The first-order chi connectivity index (χ1) is 7.63. The molecular weight excluding hydrogens is 196 g/mol. The van der Waals surface area contributed by atoms with E-state index in [9.17, 15) is 0 Å². The van der Waals surface area contributed by atoms with Crippen LogP contribution in [0.2, 0.25) is 0 Å². The van der Waals surface area contributed by atoms with E-state index in [4.69, 9.17) is 5.73 Å². The van der Waals surface area contributed by atoms with E-state index in [0.717, 1.165) is 11.1 Å². The van der Waals surface area contributed by atoms with Gasteiger partial charge in [-0.15, -0.1) is 0 Å². The number of benzene rings is 1. The molecule has 0 aliphatic heterocycles. The van der Waals surface area contributed by atoms with E-state index in [1.807, 2.05) is 6.20 Å². The number of hydrogen-bond acceptors (Lipinski definition) is 2. The summed E-state index contributed by atoms with van der Waals surface area (Å²) in [6.45, 7) is 7.07. The molecule has 84 valence electrons. The Bertz CT molecular complexity index is 515. The van der Waals surface area contributed by atoms with Gasteiger partial charge in [-0.25, -0.2) is 0 Å². The van der Waals surface area contributed by atoms with E-state index in [1.54, 1.807) is 0 Å². The number of nitrogens with two attached hydrogens (primary N) is 1. The normalized spacial score (nSPS) is 11.3. The highest BCUT2D eigenvalue weighted by Crippen LogP contribution is 2.27. The molecule has 0 saturated heterocycles. The molecule has 2 heteroatoms. The van der Waals surface area contributed by atoms with E-state index < -0.39 is 0 Å². The van der Waals surface area contributed by atoms with Crippen LogP contribution in [0.3, 0.4) is 0 Å². The smallest absolute Gasteiger partial charge is 0.0749 e. The third kappa shape index (κ3) is 1.81. The van der Waals surface area contributed by atoms with Crippen LogP contribution in [0.25, 0.3) is 10.9 Å². The number of pyridine rings is 1. The molecule has 0 amide bonds. The first-order valence-corrected chi connectivity index (χ1v) is 5.71. The summed E-state index contributed by atoms with van der Waals surface area (Å²) in [6, 6.07) is 6.43. The Kier molecular flexibility index (Phi) is 2.92. The van der Waals surface area contributed by atoms with Crippen molar-refractivity contribution in [3.8, 4) is 0 Å². The van der Waals surface area contributed by atoms with Crippen LogP contribution in [0.4, 0.5) is 0 Å². The molecule has 1 heterocycles. The Hall–Kier alpha value is -1.41. The summed E-state index contributed by atoms with van der Waals surface area (Å²) in [5, 5.41) is 1.25. The van der Waals surface area contributed by atoms with Gasteiger partial charge in [0.25, 0.3) is 0 Å². The second-order valence-electron chi connectivity index (χ2n) is 4.58. The van der Waals surface area contributed by atoms with Gasteiger partial charge in [-0.1, -0.05) is 25.5 Å². The maximum atomic E-state index is 5.77. The molecule has 0 unspecified atom stereocenters. The monoisotopic (exact) mass is 214 g/mol. The third-order valence-corrected chi connectivity index (χ3v) is 2.94. The van der Waals surface area contributed by atoms with E-state index in [0.29, 0.717) is 12.5 Å². The van der Waals surface area contributed by atoms with Gasteiger partial charge in [0.05, 0.1) is 5.52 Å². The number of rotatable bonds is 2. The van der Waals surface area contributed by atoms with Gasteiger partial charge >= 0.3 is 0 Å². The Morgan fingerprint density at radius 3 is 2.69 bits per heavy atom. The summed E-state index contributed by atoms with van der Waals surface area (Å²) in [5.41, 5.74) is 10.6. The van der Waals surface area contributed by atoms with Crippen molar-refractivity contribution >= 4 is 10.9 Å². The molecule has 0 radical (unpaired) electrons. The zero-order valence-corrected chi connectivity index (χ0v) is 10.1. The lowest BCUT2D eigenvalue weighted by atomic mass is 9.96. The summed E-state index contributed by atoms with van der Waals surface area (Å²) in [6.07, 6.45) is 1.88. The molecule has 1 aromatic heterocycles. The van der Waals surface area contributed by atoms with Crippen molar-refractivity contribution in [3.63, 3.8) is 0 Å². The van der Waals surface area contributed by atoms with Gasteiger partial charge in [0.15, 0.2) is 0 Å². The van der Waals surface area contributed by atoms with Crippen molar-refractivity contribution < 1.29 is 0 Å². The Morgan fingerprint density at radius 2 is 2.06 bits per heavy atom. The van der Waals surface area contributed by atoms with Crippen LogP contribution in [-0.2, 0) is 6.54 Å². The van der Waals surface area contributed by atoms with Crippen molar-refractivity contribution in [2.24, 2.45) is 5.73 Å². The molecule has 0 aliphatic carbocycles. The lowest BCUT2D eigenvalue weighted by Gasteiger charge is -2.12. The van der Waals surface area contributed by atoms with Gasteiger partial charge in [0.1, 0.15) is 0 Å². The lowest BCUT2D eigenvalue weighted by Crippen LogP contribution is -2.01. The van der Waals surface area contributed by atoms with E-state index in [2.05, 4.69) is 44.0 Å². The first-order valence-electron chi connectivity index (χ1n) is 5.71. The minimum Gasteiger partial charge on any atom is -0.326 e. The highest BCUT2D eigenvalue weighted by molar-refractivity contribution is 5.86. The summed E-state index contributed by atoms with van der Waals surface area (Å²) in [5.74, 6) is 0.512. The van der Waals surface area contributed by atoms with Crippen LogP contribution in [0.5, 0.6) is 0 Å². The molecule has 2 rings (SSSR count). The average Bonchev–Trinajstić information content (AvgIpc) is 2.26. The molecular formula is C14H18N2. The zero-order valence-electron chi connectivity index (χ0n) is 10.1. The molecule has 0 saturated carbocycles. The summed E-state index contributed by atoms with van der Waals surface area (Å²) >= 11 is 0. The largest absolute Gasteiger partial charge is 0.326 e. The van der Waals surface area contributed by atoms with Gasteiger partial charge in [0, 0.05) is 18.1 Å². The fourth-order valence-corrected chi connectivity index (χ4v) is 2.17.